The molecule has 0 atom stereocenters. The first-order valence-electron chi connectivity index (χ1n) is 11.0. The average Bonchev–Trinajstić information content (AvgIpc) is 3.19. The summed E-state index contributed by atoms with van der Waals surface area (Å²) in [5.74, 6) is -0.200. The second-order valence-electron chi connectivity index (χ2n) is 8.56. The number of rotatable bonds is 2. The number of aromatic nitrogens is 2. The van der Waals surface area contributed by atoms with Gasteiger partial charge in [-0.05, 0) is 30.3 Å². The molecule has 0 N–H and O–H groups in total. The molecule has 9 heteroatoms. The van der Waals surface area contributed by atoms with Gasteiger partial charge in [-0.3, -0.25) is 9.59 Å². The number of anilines is 1. The van der Waals surface area contributed by atoms with Crippen molar-refractivity contribution in [2.24, 2.45) is 14.1 Å². The van der Waals surface area contributed by atoms with E-state index in [9.17, 15) is 22.8 Å². The summed E-state index contributed by atoms with van der Waals surface area (Å²) in [7, 11) is 3.49. The maximum Gasteiger partial charge on any atom is 0.416 e. The lowest BCUT2D eigenvalue weighted by atomic mass is 10.1. The van der Waals surface area contributed by atoms with Crippen LogP contribution >= 0.6 is 0 Å². The number of hydrogen-bond donors (Lipinski definition) is 0. The summed E-state index contributed by atoms with van der Waals surface area (Å²) >= 11 is 0. The van der Waals surface area contributed by atoms with Crippen LogP contribution in [0.5, 0.6) is 0 Å². The van der Waals surface area contributed by atoms with Crippen molar-refractivity contribution in [3.8, 4) is 0 Å². The number of halogens is 3. The van der Waals surface area contributed by atoms with Crippen molar-refractivity contribution >= 4 is 33.4 Å². The number of para-hydroxylation sites is 1. The summed E-state index contributed by atoms with van der Waals surface area (Å²) in [4.78, 5) is 29.9. The van der Waals surface area contributed by atoms with Gasteiger partial charge in [0.05, 0.1) is 22.0 Å². The van der Waals surface area contributed by atoms with Gasteiger partial charge in [-0.15, -0.1) is 0 Å². The molecular formula is C25H23F3N4O2. The van der Waals surface area contributed by atoms with Crippen LogP contribution in [-0.4, -0.2) is 46.1 Å². The van der Waals surface area contributed by atoms with Gasteiger partial charge in [0.2, 0.25) is 0 Å². The molecule has 0 aliphatic carbocycles. The minimum Gasteiger partial charge on any atom is -0.368 e. The van der Waals surface area contributed by atoms with Crippen LogP contribution in [0.2, 0.25) is 0 Å². The Labute approximate surface area is 193 Å². The van der Waals surface area contributed by atoms with Gasteiger partial charge in [-0.2, -0.15) is 13.2 Å². The van der Waals surface area contributed by atoms with E-state index in [0.717, 1.165) is 23.0 Å². The van der Waals surface area contributed by atoms with E-state index >= 15 is 0 Å². The zero-order chi connectivity index (χ0) is 24.2. The largest absolute Gasteiger partial charge is 0.416 e. The van der Waals surface area contributed by atoms with Crippen LogP contribution < -0.4 is 10.5 Å². The molecule has 1 aliphatic rings. The predicted molar refractivity (Wildman–Crippen MR) is 125 cm³/mol. The Bertz CT molecular complexity index is 1480. The number of hydrogen-bond acceptors (Lipinski definition) is 3. The topological polar surface area (TPSA) is 50.5 Å². The third-order valence-electron chi connectivity index (χ3n) is 6.61. The minimum absolute atomic E-state index is 0.169. The Balaban J connectivity index is 1.42. The molecule has 0 unspecified atom stereocenters. The number of fused-ring (bicyclic) bond motifs is 3. The molecule has 2 aromatic heterocycles. The van der Waals surface area contributed by atoms with Gasteiger partial charge in [-0.25, -0.2) is 0 Å². The third kappa shape index (κ3) is 3.52. The Morgan fingerprint density at radius 1 is 0.853 bits per heavy atom. The van der Waals surface area contributed by atoms with Gasteiger partial charge in [-0.1, -0.05) is 24.3 Å². The second-order valence-corrected chi connectivity index (χ2v) is 8.56. The number of nitrogens with zero attached hydrogens (tertiary/aromatic N) is 4. The Hall–Kier alpha value is -3.75. The molecule has 1 amide bonds. The fourth-order valence-corrected chi connectivity index (χ4v) is 4.76. The van der Waals surface area contributed by atoms with Crippen LogP contribution in [0, 0.1) is 0 Å². The lowest BCUT2D eigenvalue weighted by Crippen LogP contribution is -2.49. The van der Waals surface area contributed by atoms with Crippen LogP contribution in [0.3, 0.4) is 0 Å². The van der Waals surface area contributed by atoms with E-state index in [2.05, 4.69) is 0 Å². The normalized spacial score (nSPS) is 14.9. The van der Waals surface area contributed by atoms with E-state index < -0.39 is 11.7 Å². The SMILES string of the molecule is Cn1c(C(=O)N2CCN(c3cccc(C(F)(F)F)c3)CC2)cc2c(=O)n(C)c3ccccc3c21. The first-order chi connectivity index (χ1) is 16.2. The molecular weight excluding hydrogens is 445 g/mol. The quantitative estimate of drug-likeness (QED) is 0.447. The molecule has 1 fully saturated rings. The van der Waals surface area contributed by atoms with E-state index in [4.69, 9.17) is 0 Å². The average molecular weight is 468 g/mol. The van der Waals surface area contributed by atoms with E-state index in [0.29, 0.717) is 48.5 Å². The third-order valence-corrected chi connectivity index (χ3v) is 6.61. The number of amides is 1. The lowest BCUT2D eigenvalue weighted by molar-refractivity contribution is -0.137. The van der Waals surface area contributed by atoms with Gasteiger partial charge in [0, 0.05) is 51.3 Å². The standard InChI is InChI=1S/C25H23F3N4O2/c1-29-21(15-19-22(29)18-8-3-4-9-20(18)30(2)23(19)33)24(34)32-12-10-31(11-13-32)17-7-5-6-16(14-17)25(26,27)28/h3-9,14-15H,10-13H2,1-2H3. The number of pyridine rings is 1. The molecule has 0 spiro atoms. The van der Waals surface area contributed by atoms with Crippen molar-refractivity contribution < 1.29 is 18.0 Å². The van der Waals surface area contributed by atoms with E-state index in [1.165, 1.54) is 6.07 Å². The summed E-state index contributed by atoms with van der Waals surface area (Å²) in [5.41, 5.74) is 1.54. The van der Waals surface area contributed by atoms with E-state index in [1.54, 1.807) is 40.3 Å². The van der Waals surface area contributed by atoms with Crippen LogP contribution in [0.15, 0.2) is 59.4 Å². The maximum absolute atomic E-state index is 13.4. The number of aryl methyl sites for hydroxylation is 2. The van der Waals surface area contributed by atoms with Crippen LogP contribution in [0.1, 0.15) is 16.1 Å². The van der Waals surface area contributed by atoms with Crippen molar-refractivity contribution in [2.45, 2.75) is 6.18 Å². The smallest absolute Gasteiger partial charge is 0.368 e. The minimum atomic E-state index is -4.40. The van der Waals surface area contributed by atoms with E-state index in [-0.39, 0.29) is 11.5 Å². The molecule has 5 rings (SSSR count). The Morgan fingerprint density at radius 3 is 2.26 bits per heavy atom. The van der Waals surface area contributed by atoms with Crippen LogP contribution in [-0.2, 0) is 20.3 Å². The molecule has 34 heavy (non-hydrogen) atoms. The van der Waals surface area contributed by atoms with E-state index in [1.807, 2.05) is 29.2 Å². The van der Waals surface area contributed by atoms with Crippen molar-refractivity contribution in [2.75, 3.05) is 31.1 Å². The van der Waals surface area contributed by atoms with Crippen LogP contribution in [0.25, 0.3) is 21.8 Å². The van der Waals surface area contributed by atoms with Gasteiger partial charge >= 0.3 is 6.18 Å². The number of benzene rings is 2. The van der Waals surface area contributed by atoms with Crippen molar-refractivity contribution in [3.05, 3.63) is 76.2 Å². The fourth-order valence-electron chi connectivity index (χ4n) is 4.76. The molecule has 176 valence electrons. The first-order valence-corrected chi connectivity index (χ1v) is 11.0. The van der Waals surface area contributed by atoms with Crippen molar-refractivity contribution in [1.82, 2.24) is 14.0 Å². The highest BCUT2D eigenvalue weighted by Gasteiger charge is 2.31. The molecule has 4 aromatic rings. The highest BCUT2D eigenvalue weighted by Crippen LogP contribution is 2.32. The molecule has 3 heterocycles. The predicted octanol–water partition coefficient (Wildman–Crippen LogP) is 4.01. The lowest BCUT2D eigenvalue weighted by Gasteiger charge is -2.36. The summed E-state index contributed by atoms with van der Waals surface area (Å²) in [5, 5.41) is 1.37. The van der Waals surface area contributed by atoms with Gasteiger partial charge in [0.1, 0.15) is 5.69 Å². The van der Waals surface area contributed by atoms with Crippen molar-refractivity contribution in [1.29, 1.82) is 0 Å². The number of carbonyl (C=O) groups is 1. The molecule has 1 aliphatic heterocycles. The number of alkyl halides is 3. The molecule has 0 saturated carbocycles. The monoisotopic (exact) mass is 468 g/mol. The second kappa shape index (κ2) is 7.93. The molecule has 1 saturated heterocycles. The van der Waals surface area contributed by atoms with Crippen molar-refractivity contribution in [3.63, 3.8) is 0 Å². The zero-order valence-electron chi connectivity index (χ0n) is 18.8. The Morgan fingerprint density at radius 2 is 1.56 bits per heavy atom. The zero-order valence-corrected chi connectivity index (χ0v) is 18.8. The summed E-state index contributed by atoms with van der Waals surface area (Å²) in [6, 6.07) is 14.5. The maximum atomic E-state index is 13.4. The highest BCUT2D eigenvalue weighted by atomic mass is 19.4. The highest BCUT2D eigenvalue weighted by molar-refractivity contribution is 6.08. The molecule has 6 nitrogen and oxygen atoms in total. The number of piperazine rings is 1. The van der Waals surface area contributed by atoms with Crippen LogP contribution in [0.4, 0.5) is 18.9 Å². The van der Waals surface area contributed by atoms with Gasteiger partial charge in [0.25, 0.3) is 11.5 Å². The molecule has 0 bridgehead atoms. The summed E-state index contributed by atoms with van der Waals surface area (Å²) in [6.07, 6.45) is -4.40. The summed E-state index contributed by atoms with van der Waals surface area (Å²) < 4.78 is 42.6. The Kier molecular flexibility index (Phi) is 5.15. The molecule has 0 radical (unpaired) electrons. The first kappa shape index (κ1) is 22.1. The van der Waals surface area contributed by atoms with Gasteiger partial charge in [0.15, 0.2) is 0 Å². The summed E-state index contributed by atoms with van der Waals surface area (Å²) in [6.45, 7) is 1.58. The molecule has 2 aromatic carbocycles. The van der Waals surface area contributed by atoms with Gasteiger partial charge < -0.3 is 18.9 Å². The fraction of sp³-hybridized carbons (Fsp3) is 0.280. The number of carbonyl (C=O) groups excluding carboxylic acids is 1.